The zero-order chi connectivity index (χ0) is 15.7. The molecular weight excluding hydrogens is 300 g/mol. The van der Waals surface area contributed by atoms with Crippen molar-refractivity contribution < 1.29 is 4.79 Å². The van der Waals surface area contributed by atoms with E-state index in [1.807, 2.05) is 39.1 Å². The Balaban J connectivity index is 1.75. The highest BCUT2D eigenvalue weighted by Crippen LogP contribution is 2.25. The second-order valence-electron chi connectivity index (χ2n) is 4.92. The molecule has 0 radical (unpaired) electrons. The number of nitrogens with zero attached hydrogens (tertiary/aromatic N) is 4. The molecule has 1 atom stereocenters. The Morgan fingerprint density at radius 1 is 1.45 bits per heavy atom. The van der Waals surface area contributed by atoms with Crippen LogP contribution in [0.4, 0.5) is 5.82 Å². The number of fused-ring (bicyclic) bond motifs is 1. The molecular formula is C14H16N6OS. The summed E-state index contributed by atoms with van der Waals surface area (Å²) in [6.07, 6.45) is 1.71. The second kappa shape index (κ2) is 5.80. The lowest BCUT2D eigenvalue weighted by atomic mass is 10.3. The molecule has 0 spiro atoms. The van der Waals surface area contributed by atoms with Gasteiger partial charge >= 0.3 is 0 Å². The van der Waals surface area contributed by atoms with Crippen molar-refractivity contribution >= 4 is 34.5 Å². The predicted octanol–water partition coefficient (Wildman–Crippen LogP) is 2.12. The van der Waals surface area contributed by atoms with Crippen LogP contribution < -0.4 is 5.32 Å². The molecule has 3 aromatic heterocycles. The third kappa shape index (κ3) is 2.69. The van der Waals surface area contributed by atoms with E-state index in [-0.39, 0.29) is 11.2 Å². The first-order chi connectivity index (χ1) is 10.6. The quantitative estimate of drug-likeness (QED) is 0.720. The van der Waals surface area contributed by atoms with Gasteiger partial charge in [0.2, 0.25) is 5.91 Å². The van der Waals surface area contributed by atoms with Crippen LogP contribution in [0.1, 0.15) is 12.6 Å². The first kappa shape index (κ1) is 14.6. The summed E-state index contributed by atoms with van der Waals surface area (Å²) in [6, 6.07) is 5.63. The van der Waals surface area contributed by atoms with Crippen molar-refractivity contribution in [3.63, 3.8) is 0 Å². The van der Waals surface area contributed by atoms with Gasteiger partial charge < -0.3 is 5.32 Å². The summed E-state index contributed by atoms with van der Waals surface area (Å²) in [5.74, 6) is 0.475. The number of carbonyl (C=O) groups excluding carboxylic acids is 1. The molecule has 3 heterocycles. The van der Waals surface area contributed by atoms with Crippen LogP contribution in [-0.2, 0) is 11.8 Å². The fraction of sp³-hybridized carbons (Fsp3) is 0.286. The molecule has 22 heavy (non-hydrogen) atoms. The lowest BCUT2D eigenvalue weighted by Gasteiger charge is -2.10. The fourth-order valence-corrected chi connectivity index (χ4v) is 3.01. The number of thioether (sulfide) groups is 1. The molecule has 0 bridgehead atoms. The number of carbonyl (C=O) groups is 1. The van der Waals surface area contributed by atoms with E-state index in [0.717, 1.165) is 21.8 Å². The number of hydrogen-bond acceptors (Lipinski definition) is 5. The maximum atomic E-state index is 12.3. The highest BCUT2D eigenvalue weighted by atomic mass is 32.2. The van der Waals surface area contributed by atoms with Gasteiger partial charge in [-0.1, -0.05) is 17.8 Å². The van der Waals surface area contributed by atoms with Crippen molar-refractivity contribution in [3.8, 4) is 0 Å². The Kier molecular flexibility index (Phi) is 3.84. The number of hydrogen-bond donors (Lipinski definition) is 2. The maximum absolute atomic E-state index is 12.3. The summed E-state index contributed by atoms with van der Waals surface area (Å²) >= 11 is 1.41. The molecule has 0 saturated carbocycles. The number of anilines is 1. The van der Waals surface area contributed by atoms with E-state index in [2.05, 4.69) is 25.6 Å². The fourth-order valence-electron chi connectivity index (χ4n) is 2.20. The molecule has 1 unspecified atom stereocenters. The van der Waals surface area contributed by atoms with Gasteiger partial charge in [-0.05, 0) is 26.0 Å². The van der Waals surface area contributed by atoms with E-state index in [1.165, 1.54) is 11.8 Å². The van der Waals surface area contributed by atoms with Gasteiger partial charge in [0.25, 0.3) is 0 Å². The number of rotatable bonds is 4. The third-order valence-electron chi connectivity index (χ3n) is 3.27. The van der Waals surface area contributed by atoms with Crippen LogP contribution in [0, 0.1) is 6.92 Å². The molecule has 0 fully saturated rings. The molecule has 114 valence electrons. The van der Waals surface area contributed by atoms with E-state index >= 15 is 0 Å². The minimum absolute atomic E-state index is 0.107. The van der Waals surface area contributed by atoms with Crippen LogP contribution in [0.3, 0.4) is 0 Å². The van der Waals surface area contributed by atoms with Gasteiger partial charge in [0.05, 0.1) is 21.4 Å². The maximum Gasteiger partial charge on any atom is 0.238 e. The van der Waals surface area contributed by atoms with Crippen molar-refractivity contribution in [3.05, 3.63) is 30.1 Å². The molecule has 0 aliphatic heterocycles. The van der Waals surface area contributed by atoms with Gasteiger partial charge in [0, 0.05) is 13.2 Å². The molecule has 8 heteroatoms. The topological polar surface area (TPSA) is 88.5 Å². The van der Waals surface area contributed by atoms with Gasteiger partial charge in [0.15, 0.2) is 5.65 Å². The van der Waals surface area contributed by atoms with E-state index in [1.54, 1.807) is 10.9 Å². The summed E-state index contributed by atoms with van der Waals surface area (Å²) in [4.78, 5) is 16.6. The Hall–Kier alpha value is -2.35. The summed E-state index contributed by atoms with van der Waals surface area (Å²) in [5, 5.41) is 15.6. The summed E-state index contributed by atoms with van der Waals surface area (Å²) in [7, 11) is 1.82. The minimum Gasteiger partial charge on any atom is -0.309 e. The molecule has 3 rings (SSSR count). The molecule has 0 aliphatic carbocycles. The molecule has 0 aromatic carbocycles. The molecule has 0 saturated heterocycles. The Labute approximate surface area is 131 Å². The smallest absolute Gasteiger partial charge is 0.238 e. The number of aromatic amines is 1. The first-order valence-corrected chi connectivity index (χ1v) is 7.70. The van der Waals surface area contributed by atoms with Crippen molar-refractivity contribution in [1.82, 2.24) is 25.0 Å². The zero-order valence-corrected chi connectivity index (χ0v) is 13.3. The third-order valence-corrected chi connectivity index (χ3v) is 4.32. The van der Waals surface area contributed by atoms with Crippen molar-refractivity contribution in [2.45, 2.75) is 24.1 Å². The predicted molar refractivity (Wildman–Crippen MR) is 85.8 cm³/mol. The molecule has 7 nitrogen and oxygen atoms in total. The molecule has 0 aliphatic rings. The van der Waals surface area contributed by atoms with E-state index < -0.39 is 0 Å². The van der Waals surface area contributed by atoms with Gasteiger partial charge in [-0.2, -0.15) is 10.2 Å². The monoisotopic (exact) mass is 316 g/mol. The van der Waals surface area contributed by atoms with Crippen molar-refractivity contribution in [1.29, 1.82) is 0 Å². The van der Waals surface area contributed by atoms with Crippen molar-refractivity contribution in [2.75, 3.05) is 5.32 Å². The van der Waals surface area contributed by atoms with E-state index in [4.69, 9.17) is 0 Å². The first-order valence-electron chi connectivity index (χ1n) is 6.82. The number of aryl methyl sites for hydroxylation is 2. The number of aromatic nitrogens is 5. The summed E-state index contributed by atoms with van der Waals surface area (Å²) in [5.41, 5.74) is 1.55. The van der Waals surface area contributed by atoms with E-state index in [9.17, 15) is 4.79 Å². The average molecular weight is 316 g/mol. The lowest BCUT2D eigenvalue weighted by molar-refractivity contribution is -0.115. The Morgan fingerprint density at radius 2 is 2.27 bits per heavy atom. The summed E-state index contributed by atoms with van der Waals surface area (Å²) in [6.45, 7) is 3.73. The second-order valence-corrected chi connectivity index (χ2v) is 6.28. The molecule has 2 N–H and O–H groups in total. The van der Waals surface area contributed by atoms with Crippen LogP contribution in [0.5, 0.6) is 0 Å². The van der Waals surface area contributed by atoms with E-state index in [0.29, 0.717) is 5.82 Å². The Bertz CT molecular complexity index is 809. The minimum atomic E-state index is -0.273. The van der Waals surface area contributed by atoms with Crippen LogP contribution in [0.25, 0.3) is 11.0 Å². The normalized spacial score (nSPS) is 12.5. The average Bonchev–Trinajstić information content (AvgIpc) is 3.03. The largest absolute Gasteiger partial charge is 0.309 e. The van der Waals surface area contributed by atoms with Crippen LogP contribution >= 0.6 is 11.8 Å². The summed E-state index contributed by atoms with van der Waals surface area (Å²) < 4.78 is 1.68. The number of H-pyrrole nitrogens is 1. The van der Waals surface area contributed by atoms with Crippen LogP contribution in [-0.4, -0.2) is 36.1 Å². The highest BCUT2D eigenvalue weighted by molar-refractivity contribution is 8.00. The van der Waals surface area contributed by atoms with Gasteiger partial charge in [-0.25, -0.2) is 9.67 Å². The van der Waals surface area contributed by atoms with Crippen molar-refractivity contribution in [2.24, 2.45) is 7.05 Å². The number of nitrogens with one attached hydrogen (secondary N) is 2. The number of pyridine rings is 1. The van der Waals surface area contributed by atoms with Gasteiger partial charge in [-0.15, -0.1) is 0 Å². The highest BCUT2D eigenvalue weighted by Gasteiger charge is 2.19. The van der Waals surface area contributed by atoms with Gasteiger partial charge in [-0.3, -0.25) is 9.89 Å². The van der Waals surface area contributed by atoms with Gasteiger partial charge in [0.1, 0.15) is 5.82 Å². The Morgan fingerprint density at radius 3 is 3.00 bits per heavy atom. The van der Waals surface area contributed by atoms with Crippen LogP contribution in [0.2, 0.25) is 0 Å². The molecule has 3 aromatic rings. The lowest BCUT2D eigenvalue weighted by Crippen LogP contribution is -2.22. The van der Waals surface area contributed by atoms with Crippen LogP contribution in [0.15, 0.2) is 29.4 Å². The molecule has 1 amide bonds. The SMILES string of the molecule is Cc1nn(C)c2n[nH]c(NC(=O)C(C)Sc3ccccn3)c12. The number of amides is 1. The standard InChI is InChI=1S/C14H16N6OS/c1-8-11-12(17-18-13(11)20(3)19-8)16-14(21)9(2)22-10-6-4-5-7-15-10/h4-7,9H,1-3H3,(H2,16,17,18,21). The zero-order valence-electron chi connectivity index (χ0n) is 12.5.